The maximum absolute atomic E-state index is 12.6. The average molecular weight is 393 g/mol. The molecule has 0 spiro atoms. The molecule has 2 aromatic heterocycles. The van der Waals surface area contributed by atoms with Crippen LogP contribution in [0, 0.1) is 6.92 Å². The van der Waals surface area contributed by atoms with Crippen LogP contribution in [0.25, 0.3) is 5.69 Å². The van der Waals surface area contributed by atoms with E-state index in [4.69, 9.17) is 11.6 Å². The molecular weight excluding hydrogens is 376 g/mol. The van der Waals surface area contributed by atoms with Crippen molar-refractivity contribution in [3.63, 3.8) is 0 Å². The summed E-state index contributed by atoms with van der Waals surface area (Å²) in [6.45, 7) is 2.40. The fourth-order valence-electron chi connectivity index (χ4n) is 2.81. The minimum absolute atomic E-state index is 0.299. The van der Waals surface area contributed by atoms with Crippen LogP contribution in [0.15, 0.2) is 67.0 Å². The first-order valence-corrected chi connectivity index (χ1v) is 9.04. The number of nitrogens with zero attached hydrogens (tertiary/aromatic N) is 5. The fraction of sp³-hybridized carbons (Fsp3) is 0.100. The van der Waals surface area contributed by atoms with Gasteiger partial charge >= 0.3 is 0 Å². The molecule has 0 fully saturated rings. The summed E-state index contributed by atoms with van der Waals surface area (Å²) < 4.78 is 3.38. The number of anilines is 1. The van der Waals surface area contributed by atoms with Crippen molar-refractivity contribution in [2.24, 2.45) is 0 Å². The summed E-state index contributed by atoms with van der Waals surface area (Å²) in [5.74, 6) is -0.299. The van der Waals surface area contributed by atoms with Crippen LogP contribution in [0.1, 0.15) is 21.7 Å². The Balaban J connectivity index is 1.46. The number of halogens is 1. The summed E-state index contributed by atoms with van der Waals surface area (Å²) in [6, 6.07) is 17.2. The Morgan fingerprint density at radius 1 is 1.11 bits per heavy atom. The molecule has 0 aliphatic carbocycles. The fourth-order valence-corrected chi connectivity index (χ4v) is 2.94. The van der Waals surface area contributed by atoms with Gasteiger partial charge in [-0.05, 0) is 36.8 Å². The van der Waals surface area contributed by atoms with Crippen LogP contribution in [-0.4, -0.2) is 30.7 Å². The Hall–Kier alpha value is -3.45. The lowest BCUT2D eigenvalue weighted by Gasteiger charge is -2.07. The Labute approximate surface area is 166 Å². The number of rotatable bonds is 5. The van der Waals surface area contributed by atoms with E-state index in [1.165, 1.54) is 0 Å². The highest BCUT2D eigenvalue weighted by Crippen LogP contribution is 2.16. The molecule has 0 aliphatic heterocycles. The molecule has 0 radical (unpaired) electrons. The molecule has 4 rings (SSSR count). The SMILES string of the molecule is Cc1c(C(=O)Nc2ccc(-n3cc(Cl)cn3)cc2)nnn1Cc1ccccc1. The summed E-state index contributed by atoms with van der Waals surface area (Å²) in [7, 11) is 0. The molecule has 4 aromatic rings. The van der Waals surface area contributed by atoms with Gasteiger partial charge in [0.25, 0.3) is 5.91 Å². The number of benzene rings is 2. The number of hydrogen-bond acceptors (Lipinski definition) is 4. The van der Waals surface area contributed by atoms with E-state index in [1.807, 2.05) is 49.4 Å². The van der Waals surface area contributed by atoms with Gasteiger partial charge in [0, 0.05) is 11.9 Å². The second-order valence-electron chi connectivity index (χ2n) is 6.27. The Kier molecular flexibility index (Phi) is 4.90. The molecule has 1 N–H and O–H groups in total. The first-order chi connectivity index (χ1) is 13.6. The van der Waals surface area contributed by atoms with Gasteiger partial charge in [-0.25, -0.2) is 9.36 Å². The number of hydrogen-bond donors (Lipinski definition) is 1. The number of aromatic nitrogens is 5. The highest BCUT2D eigenvalue weighted by atomic mass is 35.5. The van der Waals surface area contributed by atoms with Gasteiger partial charge in [0.1, 0.15) is 0 Å². The third-order valence-electron chi connectivity index (χ3n) is 4.31. The summed E-state index contributed by atoms with van der Waals surface area (Å²) in [4.78, 5) is 12.6. The number of carbonyl (C=O) groups is 1. The van der Waals surface area contributed by atoms with Crippen LogP contribution in [0.2, 0.25) is 5.02 Å². The van der Waals surface area contributed by atoms with Crippen LogP contribution in [0.3, 0.4) is 0 Å². The summed E-state index contributed by atoms with van der Waals surface area (Å²) in [5.41, 5.74) is 3.61. The molecule has 1 amide bonds. The van der Waals surface area contributed by atoms with E-state index in [0.717, 1.165) is 11.3 Å². The van der Waals surface area contributed by atoms with E-state index in [9.17, 15) is 4.79 Å². The minimum Gasteiger partial charge on any atom is -0.321 e. The molecule has 0 aliphatic rings. The van der Waals surface area contributed by atoms with Crippen molar-refractivity contribution in [3.8, 4) is 5.69 Å². The molecule has 8 heteroatoms. The standard InChI is InChI=1S/C20H17ClN6O/c1-14-19(24-25-26(14)12-15-5-3-2-4-6-15)20(28)23-17-7-9-18(10-8-17)27-13-16(21)11-22-27/h2-11,13H,12H2,1H3,(H,23,28). The minimum atomic E-state index is -0.299. The molecule has 2 heterocycles. The van der Waals surface area contributed by atoms with Gasteiger partial charge < -0.3 is 5.32 Å². The third kappa shape index (κ3) is 3.79. The molecule has 2 aromatic carbocycles. The van der Waals surface area contributed by atoms with Crippen molar-refractivity contribution < 1.29 is 4.79 Å². The highest BCUT2D eigenvalue weighted by molar-refractivity contribution is 6.30. The molecular formula is C20H17ClN6O. The second kappa shape index (κ2) is 7.66. The van der Waals surface area contributed by atoms with Crippen molar-refractivity contribution in [2.75, 3.05) is 5.32 Å². The van der Waals surface area contributed by atoms with Crippen LogP contribution < -0.4 is 5.32 Å². The van der Waals surface area contributed by atoms with Crippen LogP contribution in [0.5, 0.6) is 0 Å². The zero-order valence-corrected chi connectivity index (χ0v) is 15.8. The van der Waals surface area contributed by atoms with Crippen molar-refractivity contribution in [3.05, 3.63) is 89.0 Å². The highest BCUT2D eigenvalue weighted by Gasteiger charge is 2.17. The molecule has 7 nitrogen and oxygen atoms in total. The molecule has 140 valence electrons. The van der Waals surface area contributed by atoms with Gasteiger partial charge in [-0.2, -0.15) is 5.10 Å². The largest absolute Gasteiger partial charge is 0.321 e. The van der Waals surface area contributed by atoms with Gasteiger partial charge in [0.05, 0.1) is 29.1 Å². The van der Waals surface area contributed by atoms with Crippen molar-refractivity contribution in [1.82, 2.24) is 24.8 Å². The zero-order valence-electron chi connectivity index (χ0n) is 15.1. The van der Waals surface area contributed by atoms with E-state index in [-0.39, 0.29) is 5.91 Å². The quantitative estimate of drug-likeness (QED) is 0.561. The molecule has 0 unspecified atom stereocenters. The molecule has 28 heavy (non-hydrogen) atoms. The Morgan fingerprint density at radius 2 is 1.86 bits per heavy atom. The van der Waals surface area contributed by atoms with Crippen LogP contribution >= 0.6 is 11.6 Å². The first kappa shape index (κ1) is 17.9. The molecule has 0 saturated heterocycles. The lowest BCUT2D eigenvalue weighted by molar-refractivity contribution is 0.102. The van der Waals surface area contributed by atoms with E-state index in [2.05, 4.69) is 20.7 Å². The Bertz CT molecular complexity index is 1100. The zero-order chi connectivity index (χ0) is 19.5. The first-order valence-electron chi connectivity index (χ1n) is 8.66. The summed E-state index contributed by atoms with van der Waals surface area (Å²) in [6.07, 6.45) is 3.28. The van der Waals surface area contributed by atoms with E-state index in [0.29, 0.717) is 28.6 Å². The lowest BCUT2D eigenvalue weighted by Crippen LogP contribution is -2.14. The van der Waals surface area contributed by atoms with Gasteiger partial charge in [0.2, 0.25) is 0 Å². The van der Waals surface area contributed by atoms with Crippen LogP contribution in [-0.2, 0) is 6.54 Å². The predicted molar refractivity (Wildman–Crippen MR) is 107 cm³/mol. The average Bonchev–Trinajstić information content (AvgIpc) is 3.29. The summed E-state index contributed by atoms with van der Waals surface area (Å²) in [5, 5.41) is 15.7. The van der Waals surface area contributed by atoms with E-state index >= 15 is 0 Å². The monoisotopic (exact) mass is 392 g/mol. The summed E-state index contributed by atoms with van der Waals surface area (Å²) >= 11 is 5.89. The predicted octanol–water partition coefficient (Wildman–Crippen LogP) is 3.73. The maximum Gasteiger partial charge on any atom is 0.278 e. The van der Waals surface area contributed by atoms with Gasteiger partial charge in [0.15, 0.2) is 5.69 Å². The van der Waals surface area contributed by atoms with E-state index in [1.54, 1.807) is 33.9 Å². The van der Waals surface area contributed by atoms with Crippen molar-refractivity contribution in [1.29, 1.82) is 0 Å². The topological polar surface area (TPSA) is 77.6 Å². The molecule has 0 saturated carbocycles. The number of carbonyl (C=O) groups excluding carboxylic acids is 1. The maximum atomic E-state index is 12.6. The number of amides is 1. The molecule has 0 bridgehead atoms. The number of nitrogens with one attached hydrogen (secondary N) is 1. The Morgan fingerprint density at radius 3 is 2.54 bits per heavy atom. The van der Waals surface area contributed by atoms with Gasteiger partial charge in [-0.1, -0.05) is 47.1 Å². The third-order valence-corrected chi connectivity index (χ3v) is 4.51. The normalized spacial score (nSPS) is 10.8. The van der Waals surface area contributed by atoms with E-state index < -0.39 is 0 Å². The second-order valence-corrected chi connectivity index (χ2v) is 6.71. The van der Waals surface area contributed by atoms with Crippen LogP contribution in [0.4, 0.5) is 5.69 Å². The molecule has 0 atom stereocenters. The van der Waals surface area contributed by atoms with Gasteiger partial charge in [-0.15, -0.1) is 5.10 Å². The lowest BCUT2D eigenvalue weighted by atomic mass is 10.2. The van der Waals surface area contributed by atoms with Crippen molar-refractivity contribution in [2.45, 2.75) is 13.5 Å². The smallest absolute Gasteiger partial charge is 0.278 e. The van der Waals surface area contributed by atoms with Gasteiger partial charge in [-0.3, -0.25) is 4.79 Å². The van der Waals surface area contributed by atoms with Crippen molar-refractivity contribution >= 4 is 23.2 Å².